The Morgan fingerprint density at radius 2 is 1.56 bits per heavy atom. The lowest BCUT2D eigenvalue weighted by Crippen LogP contribution is -2.60. The number of ether oxygens (including phenoxy) is 1. The number of nitrogens with zero attached hydrogens (tertiary/aromatic N) is 1. The predicted molar refractivity (Wildman–Crippen MR) is 74.9 cm³/mol. The van der Waals surface area contributed by atoms with Gasteiger partial charge in [-0.3, -0.25) is 4.79 Å². The van der Waals surface area contributed by atoms with E-state index in [2.05, 4.69) is 0 Å². The van der Waals surface area contributed by atoms with Crippen LogP contribution in [0, 0.1) is 0 Å². The van der Waals surface area contributed by atoms with Gasteiger partial charge in [-0.2, -0.15) is 30.7 Å². The number of hydrogen-bond donors (Lipinski definition) is 0. The maximum Gasteiger partial charge on any atom is 0.460 e. The molecule has 0 saturated heterocycles. The number of benzene rings is 1. The first kappa shape index (κ1) is 21.0. The third kappa shape index (κ3) is 4.16. The Morgan fingerprint density at radius 1 is 1.08 bits per heavy atom. The van der Waals surface area contributed by atoms with Crippen molar-refractivity contribution in [1.82, 2.24) is 4.90 Å². The highest BCUT2D eigenvalue weighted by atomic mass is 19.4. The van der Waals surface area contributed by atoms with Crippen molar-refractivity contribution in [3.05, 3.63) is 29.8 Å². The molecule has 0 radical (unpaired) electrons. The van der Waals surface area contributed by atoms with E-state index in [0.29, 0.717) is 11.3 Å². The minimum absolute atomic E-state index is 0.0279. The number of amides is 1. The largest absolute Gasteiger partial charge is 0.497 e. The van der Waals surface area contributed by atoms with Gasteiger partial charge in [0.15, 0.2) is 0 Å². The SMILES string of the molecule is COc1ccc(CC(C)N(C)C(=O)C(F)(F)C(F)(F)C(F)(F)F)cc1. The minimum atomic E-state index is -6.55. The van der Waals surface area contributed by atoms with Gasteiger partial charge in [-0.1, -0.05) is 12.1 Å². The molecule has 0 aliphatic heterocycles. The van der Waals surface area contributed by atoms with Crippen LogP contribution < -0.4 is 4.74 Å². The molecule has 142 valence electrons. The summed E-state index contributed by atoms with van der Waals surface area (Å²) in [6.07, 6.45) is -6.58. The quantitative estimate of drug-likeness (QED) is 0.706. The Bertz CT molecular complexity index is 599. The number of carbonyl (C=O) groups excluding carboxylic acids is 1. The predicted octanol–water partition coefficient (Wildman–Crippen LogP) is 3.92. The molecule has 25 heavy (non-hydrogen) atoms. The number of halogens is 7. The van der Waals surface area contributed by atoms with Gasteiger partial charge >= 0.3 is 18.0 Å². The third-order valence-corrected chi connectivity index (χ3v) is 3.69. The lowest BCUT2D eigenvalue weighted by Gasteiger charge is -2.33. The van der Waals surface area contributed by atoms with E-state index in [0.717, 1.165) is 7.05 Å². The number of alkyl halides is 7. The molecule has 0 fully saturated rings. The molecule has 1 aromatic rings. The maximum absolute atomic E-state index is 13.5. The van der Waals surface area contributed by atoms with E-state index >= 15 is 0 Å². The van der Waals surface area contributed by atoms with E-state index in [1.54, 1.807) is 24.3 Å². The molecule has 1 amide bonds. The lowest BCUT2D eigenvalue weighted by molar-refractivity contribution is -0.346. The first-order chi connectivity index (χ1) is 11.3. The van der Waals surface area contributed by atoms with Crippen LogP contribution in [0.5, 0.6) is 5.75 Å². The summed E-state index contributed by atoms with van der Waals surface area (Å²) in [5, 5.41) is 0. The summed E-state index contributed by atoms with van der Waals surface area (Å²) in [5.74, 6) is -14.5. The number of carbonyl (C=O) groups is 1. The molecule has 0 N–H and O–H groups in total. The van der Waals surface area contributed by atoms with Crippen molar-refractivity contribution in [2.75, 3.05) is 14.2 Å². The second kappa shape index (κ2) is 7.09. The van der Waals surface area contributed by atoms with Gasteiger partial charge in [0, 0.05) is 13.1 Å². The van der Waals surface area contributed by atoms with Gasteiger partial charge < -0.3 is 9.64 Å². The molecule has 0 heterocycles. The number of hydrogen-bond acceptors (Lipinski definition) is 2. The van der Waals surface area contributed by atoms with Crippen LogP contribution in [-0.2, 0) is 11.2 Å². The molecule has 1 aromatic carbocycles. The second-order valence-electron chi connectivity index (χ2n) is 5.46. The molecular weight excluding hydrogens is 359 g/mol. The summed E-state index contributed by atoms with van der Waals surface area (Å²) in [6, 6.07) is 5.16. The summed E-state index contributed by atoms with van der Waals surface area (Å²) in [4.78, 5) is 11.8. The van der Waals surface area contributed by atoms with Crippen LogP contribution in [0.4, 0.5) is 30.7 Å². The van der Waals surface area contributed by atoms with Crippen LogP contribution in [0.1, 0.15) is 12.5 Å². The minimum Gasteiger partial charge on any atom is -0.497 e. The van der Waals surface area contributed by atoms with Gasteiger partial charge in [0.1, 0.15) is 5.75 Å². The summed E-state index contributed by atoms with van der Waals surface area (Å²) >= 11 is 0. The average molecular weight is 375 g/mol. The van der Waals surface area contributed by atoms with Crippen molar-refractivity contribution < 1.29 is 40.3 Å². The smallest absolute Gasteiger partial charge is 0.460 e. The zero-order valence-electron chi connectivity index (χ0n) is 13.5. The van der Waals surface area contributed by atoms with Crippen LogP contribution in [0.15, 0.2) is 24.3 Å². The zero-order chi connectivity index (χ0) is 19.6. The molecule has 0 aliphatic carbocycles. The van der Waals surface area contributed by atoms with Gasteiger partial charge in [-0.25, -0.2) is 0 Å². The van der Waals surface area contributed by atoms with Gasteiger partial charge in [-0.15, -0.1) is 0 Å². The van der Waals surface area contributed by atoms with Gasteiger partial charge in [0.2, 0.25) is 0 Å². The van der Waals surface area contributed by atoms with Gasteiger partial charge in [0.05, 0.1) is 7.11 Å². The van der Waals surface area contributed by atoms with E-state index < -0.39 is 30.0 Å². The topological polar surface area (TPSA) is 29.5 Å². The molecule has 1 unspecified atom stereocenters. The normalized spacial score (nSPS) is 14.2. The van der Waals surface area contributed by atoms with Crippen molar-refractivity contribution in [2.24, 2.45) is 0 Å². The van der Waals surface area contributed by atoms with Gasteiger partial charge in [0.25, 0.3) is 5.91 Å². The number of likely N-dealkylation sites (N-methyl/N-ethyl adjacent to an activating group) is 1. The highest BCUT2D eigenvalue weighted by Crippen LogP contribution is 2.47. The molecule has 0 aromatic heterocycles. The second-order valence-corrected chi connectivity index (χ2v) is 5.46. The average Bonchev–Trinajstić information content (AvgIpc) is 2.52. The van der Waals surface area contributed by atoms with Crippen molar-refractivity contribution >= 4 is 5.91 Å². The molecule has 0 bridgehead atoms. The molecule has 3 nitrogen and oxygen atoms in total. The highest BCUT2D eigenvalue weighted by Gasteiger charge is 2.76. The Labute approximate surface area is 139 Å². The summed E-state index contributed by atoms with van der Waals surface area (Å²) < 4.78 is 94.2. The lowest BCUT2D eigenvalue weighted by atomic mass is 10.0. The molecule has 0 saturated carbocycles. The monoisotopic (exact) mass is 375 g/mol. The highest BCUT2D eigenvalue weighted by molar-refractivity contribution is 5.85. The Morgan fingerprint density at radius 3 is 1.96 bits per heavy atom. The van der Waals surface area contributed by atoms with Crippen LogP contribution in [-0.4, -0.2) is 49.0 Å². The maximum atomic E-state index is 13.5. The number of rotatable bonds is 6. The Balaban J connectivity index is 2.92. The van der Waals surface area contributed by atoms with Gasteiger partial charge in [-0.05, 0) is 31.0 Å². The Hall–Kier alpha value is -2.00. The first-order valence-corrected chi connectivity index (χ1v) is 6.98. The Kier molecular flexibility index (Phi) is 5.97. The van der Waals surface area contributed by atoms with Crippen LogP contribution >= 0.6 is 0 Å². The molecule has 0 aliphatic rings. The van der Waals surface area contributed by atoms with E-state index in [1.165, 1.54) is 14.0 Å². The zero-order valence-corrected chi connectivity index (χ0v) is 13.5. The molecule has 1 rings (SSSR count). The van der Waals surface area contributed by atoms with Crippen molar-refractivity contribution in [3.8, 4) is 5.75 Å². The van der Waals surface area contributed by atoms with Crippen molar-refractivity contribution in [3.63, 3.8) is 0 Å². The standard InChI is InChI=1S/C15H16F7NO2/c1-9(8-10-4-6-11(25-3)7-5-10)23(2)12(24)13(16,17)14(18,19)15(20,21)22/h4-7,9H,8H2,1-3H3. The molecule has 1 atom stereocenters. The van der Waals surface area contributed by atoms with E-state index in [9.17, 15) is 35.5 Å². The summed E-state index contributed by atoms with van der Waals surface area (Å²) in [7, 11) is 2.17. The van der Waals surface area contributed by atoms with Crippen molar-refractivity contribution in [2.45, 2.75) is 37.4 Å². The van der Waals surface area contributed by atoms with E-state index in [1.807, 2.05) is 0 Å². The summed E-state index contributed by atoms with van der Waals surface area (Å²) in [6.45, 7) is 1.25. The number of methoxy groups -OCH3 is 1. The molecule has 0 spiro atoms. The third-order valence-electron chi connectivity index (χ3n) is 3.69. The van der Waals surface area contributed by atoms with Crippen LogP contribution in [0.3, 0.4) is 0 Å². The van der Waals surface area contributed by atoms with Crippen LogP contribution in [0.2, 0.25) is 0 Å². The molecular formula is C15H16F7NO2. The fraction of sp³-hybridized carbons (Fsp3) is 0.533. The molecule has 10 heteroatoms. The van der Waals surface area contributed by atoms with E-state index in [4.69, 9.17) is 4.74 Å². The fourth-order valence-electron chi connectivity index (χ4n) is 1.97. The summed E-state index contributed by atoms with van der Waals surface area (Å²) in [5.41, 5.74) is 0.554. The first-order valence-electron chi connectivity index (χ1n) is 6.98. The van der Waals surface area contributed by atoms with Crippen LogP contribution in [0.25, 0.3) is 0 Å². The fourth-order valence-corrected chi connectivity index (χ4v) is 1.97. The van der Waals surface area contributed by atoms with E-state index in [-0.39, 0.29) is 11.3 Å². The van der Waals surface area contributed by atoms with Crippen molar-refractivity contribution in [1.29, 1.82) is 0 Å².